The molecule has 2 fully saturated rings. The molecular formula is C20H29ClF2N2O2. The number of hydrogen-bond acceptors (Lipinski definition) is 3. The Morgan fingerprint density at radius 2 is 1.89 bits per heavy atom. The van der Waals surface area contributed by atoms with E-state index in [1.54, 1.807) is 0 Å². The normalized spacial score (nSPS) is 20.0. The zero-order valence-electron chi connectivity index (χ0n) is 15.8. The Morgan fingerprint density at radius 1 is 1.22 bits per heavy atom. The second-order valence-electron chi connectivity index (χ2n) is 7.54. The highest BCUT2D eigenvalue weighted by molar-refractivity contribution is 5.85. The third kappa shape index (κ3) is 6.04. The van der Waals surface area contributed by atoms with Crippen molar-refractivity contribution in [2.75, 3.05) is 26.2 Å². The van der Waals surface area contributed by atoms with Gasteiger partial charge in [-0.1, -0.05) is 6.92 Å². The quantitative estimate of drug-likeness (QED) is 0.814. The molecule has 0 radical (unpaired) electrons. The molecule has 1 aromatic rings. The fraction of sp³-hybridized carbons (Fsp3) is 0.650. The Morgan fingerprint density at radius 3 is 2.52 bits per heavy atom. The molecule has 2 saturated heterocycles. The molecule has 1 unspecified atom stereocenters. The van der Waals surface area contributed by atoms with E-state index in [0.29, 0.717) is 44.2 Å². The zero-order valence-corrected chi connectivity index (χ0v) is 16.6. The van der Waals surface area contributed by atoms with Crippen LogP contribution in [0.15, 0.2) is 18.2 Å². The van der Waals surface area contributed by atoms with Crippen LogP contribution in [-0.2, 0) is 4.79 Å². The van der Waals surface area contributed by atoms with Gasteiger partial charge < -0.3 is 15.0 Å². The first-order valence-electron chi connectivity index (χ1n) is 9.63. The number of nitrogens with zero attached hydrogens (tertiary/aromatic N) is 1. The standard InChI is InChI=1S/C20H28F2N2O2.ClH/c1-14(15-4-8-23-9-5-15)12-20(25)24-10-6-17(7-11-24)26-19-3-2-16(21)13-18(19)22;/h2-3,13-15,17,23H,4-12H2,1H3;1H. The highest BCUT2D eigenvalue weighted by atomic mass is 35.5. The molecule has 0 aliphatic carbocycles. The summed E-state index contributed by atoms with van der Waals surface area (Å²) in [5, 5.41) is 3.36. The lowest BCUT2D eigenvalue weighted by molar-refractivity contribution is -0.134. The maximum Gasteiger partial charge on any atom is 0.222 e. The topological polar surface area (TPSA) is 41.6 Å². The molecule has 2 heterocycles. The number of hydrogen-bond donors (Lipinski definition) is 1. The van der Waals surface area contributed by atoms with Gasteiger partial charge in [0.25, 0.3) is 0 Å². The van der Waals surface area contributed by atoms with Crippen molar-refractivity contribution in [2.45, 2.75) is 45.1 Å². The Balaban J connectivity index is 0.00000261. The van der Waals surface area contributed by atoms with Crippen LogP contribution in [0.5, 0.6) is 5.75 Å². The molecule has 1 amide bonds. The third-order valence-corrected chi connectivity index (χ3v) is 5.67. The van der Waals surface area contributed by atoms with Crippen LogP contribution in [0, 0.1) is 23.5 Å². The van der Waals surface area contributed by atoms with E-state index >= 15 is 0 Å². The van der Waals surface area contributed by atoms with Crippen LogP contribution >= 0.6 is 12.4 Å². The van der Waals surface area contributed by atoms with Gasteiger partial charge in [-0.3, -0.25) is 4.79 Å². The van der Waals surface area contributed by atoms with Gasteiger partial charge in [0, 0.05) is 38.4 Å². The van der Waals surface area contributed by atoms with Gasteiger partial charge in [-0.15, -0.1) is 12.4 Å². The maximum atomic E-state index is 13.7. The van der Waals surface area contributed by atoms with Crippen molar-refractivity contribution in [1.29, 1.82) is 0 Å². The smallest absolute Gasteiger partial charge is 0.222 e. The van der Waals surface area contributed by atoms with Crippen LogP contribution < -0.4 is 10.1 Å². The van der Waals surface area contributed by atoms with E-state index in [4.69, 9.17) is 4.74 Å². The number of amides is 1. The molecule has 0 aromatic heterocycles. The third-order valence-electron chi connectivity index (χ3n) is 5.67. The molecule has 0 spiro atoms. The number of carbonyl (C=O) groups excluding carboxylic acids is 1. The van der Waals surface area contributed by atoms with Crippen molar-refractivity contribution in [2.24, 2.45) is 11.8 Å². The van der Waals surface area contributed by atoms with Gasteiger partial charge in [0.1, 0.15) is 11.9 Å². The summed E-state index contributed by atoms with van der Waals surface area (Å²) in [7, 11) is 0. The predicted molar refractivity (Wildman–Crippen MR) is 103 cm³/mol. The van der Waals surface area contributed by atoms with Crippen molar-refractivity contribution in [3.05, 3.63) is 29.8 Å². The highest BCUT2D eigenvalue weighted by Crippen LogP contribution is 2.27. The van der Waals surface area contributed by atoms with E-state index < -0.39 is 11.6 Å². The van der Waals surface area contributed by atoms with Crippen molar-refractivity contribution < 1.29 is 18.3 Å². The number of halogens is 3. The second kappa shape index (κ2) is 10.2. The van der Waals surface area contributed by atoms with Gasteiger partial charge >= 0.3 is 0 Å². The molecule has 1 aromatic carbocycles. The van der Waals surface area contributed by atoms with Gasteiger partial charge in [0.15, 0.2) is 11.6 Å². The molecule has 0 saturated carbocycles. The first-order valence-corrected chi connectivity index (χ1v) is 9.63. The average Bonchev–Trinajstić information content (AvgIpc) is 2.65. The van der Waals surface area contributed by atoms with E-state index in [0.717, 1.165) is 32.0 Å². The van der Waals surface area contributed by atoms with E-state index in [1.165, 1.54) is 12.1 Å². The summed E-state index contributed by atoms with van der Waals surface area (Å²) in [5.41, 5.74) is 0. The van der Waals surface area contributed by atoms with Gasteiger partial charge in [-0.2, -0.15) is 0 Å². The minimum absolute atomic E-state index is 0. The maximum absolute atomic E-state index is 13.7. The molecule has 3 rings (SSSR count). The first-order chi connectivity index (χ1) is 12.5. The highest BCUT2D eigenvalue weighted by Gasteiger charge is 2.28. The van der Waals surface area contributed by atoms with Crippen LogP contribution in [0.25, 0.3) is 0 Å². The molecule has 2 aliphatic rings. The lowest BCUT2D eigenvalue weighted by Crippen LogP contribution is -2.43. The lowest BCUT2D eigenvalue weighted by atomic mass is 9.84. The van der Waals surface area contributed by atoms with Crippen molar-refractivity contribution in [3.8, 4) is 5.75 Å². The molecule has 152 valence electrons. The van der Waals surface area contributed by atoms with Crippen molar-refractivity contribution in [3.63, 3.8) is 0 Å². The molecule has 1 N–H and O–H groups in total. The van der Waals surface area contributed by atoms with Crippen LogP contribution in [0.4, 0.5) is 8.78 Å². The molecule has 7 heteroatoms. The van der Waals surface area contributed by atoms with Gasteiger partial charge in [-0.05, 0) is 49.9 Å². The van der Waals surface area contributed by atoms with Crippen molar-refractivity contribution >= 4 is 18.3 Å². The molecular weight excluding hydrogens is 374 g/mol. The predicted octanol–water partition coefficient (Wildman–Crippen LogP) is 3.78. The number of piperidine rings is 2. The summed E-state index contributed by atoms with van der Waals surface area (Å²) in [5.74, 6) is 0.0324. The number of carbonyl (C=O) groups is 1. The van der Waals surface area contributed by atoms with E-state index in [9.17, 15) is 13.6 Å². The zero-order chi connectivity index (χ0) is 18.5. The second-order valence-corrected chi connectivity index (χ2v) is 7.54. The minimum Gasteiger partial charge on any atom is -0.487 e. The monoisotopic (exact) mass is 402 g/mol. The van der Waals surface area contributed by atoms with E-state index in [-0.39, 0.29) is 30.2 Å². The molecule has 4 nitrogen and oxygen atoms in total. The number of ether oxygens (including phenoxy) is 1. The van der Waals surface area contributed by atoms with Crippen LogP contribution in [0.3, 0.4) is 0 Å². The number of rotatable bonds is 5. The largest absolute Gasteiger partial charge is 0.487 e. The minimum atomic E-state index is -0.681. The fourth-order valence-corrected chi connectivity index (χ4v) is 3.96. The van der Waals surface area contributed by atoms with Crippen molar-refractivity contribution in [1.82, 2.24) is 10.2 Å². The number of nitrogens with one attached hydrogen (secondary N) is 1. The molecule has 1 atom stereocenters. The van der Waals surface area contributed by atoms with E-state index in [1.807, 2.05) is 4.90 Å². The van der Waals surface area contributed by atoms with Crippen LogP contribution in [0.2, 0.25) is 0 Å². The van der Waals surface area contributed by atoms with Crippen LogP contribution in [-0.4, -0.2) is 43.1 Å². The Kier molecular flexibility index (Phi) is 8.29. The van der Waals surface area contributed by atoms with Crippen LogP contribution in [0.1, 0.15) is 39.0 Å². The Bertz CT molecular complexity index is 618. The van der Waals surface area contributed by atoms with E-state index in [2.05, 4.69) is 12.2 Å². The molecule has 27 heavy (non-hydrogen) atoms. The van der Waals surface area contributed by atoms with Gasteiger partial charge in [0.2, 0.25) is 5.91 Å². The lowest BCUT2D eigenvalue weighted by Gasteiger charge is -2.34. The summed E-state index contributed by atoms with van der Waals surface area (Å²) < 4.78 is 32.3. The number of likely N-dealkylation sites (tertiary alicyclic amines) is 1. The Hall–Kier alpha value is -1.40. The molecule has 0 bridgehead atoms. The summed E-state index contributed by atoms with van der Waals surface area (Å²) in [6.07, 6.45) is 4.10. The summed E-state index contributed by atoms with van der Waals surface area (Å²) in [4.78, 5) is 14.5. The number of benzene rings is 1. The summed E-state index contributed by atoms with van der Waals surface area (Å²) >= 11 is 0. The van der Waals surface area contributed by atoms with Gasteiger partial charge in [-0.25, -0.2) is 8.78 Å². The summed E-state index contributed by atoms with van der Waals surface area (Å²) in [6, 6.07) is 3.35. The summed E-state index contributed by atoms with van der Waals surface area (Å²) in [6.45, 7) is 5.54. The molecule has 2 aliphatic heterocycles. The van der Waals surface area contributed by atoms with Gasteiger partial charge in [0.05, 0.1) is 0 Å². The average molecular weight is 403 g/mol. The fourth-order valence-electron chi connectivity index (χ4n) is 3.96. The first kappa shape index (κ1) is 21.9. The SMILES string of the molecule is CC(CC(=O)N1CCC(Oc2ccc(F)cc2F)CC1)C1CCNCC1.Cl. The Labute approximate surface area is 166 Å².